The quantitative estimate of drug-likeness (QED) is 0.787. The highest BCUT2D eigenvalue weighted by atomic mass is 35.5. The summed E-state index contributed by atoms with van der Waals surface area (Å²) in [4.78, 5) is 7.92. The Bertz CT molecular complexity index is 772. The van der Waals surface area contributed by atoms with E-state index in [0.29, 0.717) is 0 Å². The second kappa shape index (κ2) is 6.02. The van der Waals surface area contributed by atoms with Crippen LogP contribution in [0.5, 0.6) is 0 Å². The fourth-order valence-electron chi connectivity index (χ4n) is 2.31. The summed E-state index contributed by atoms with van der Waals surface area (Å²) in [6.45, 7) is 0.752. The van der Waals surface area contributed by atoms with Crippen LogP contribution < -0.4 is 4.90 Å². The monoisotopic (exact) mass is 318 g/mol. The van der Waals surface area contributed by atoms with Gasteiger partial charge in [0.05, 0.1) is 23.0 Å². The number of fused-ring (bicyclic) bond motifs is 1. The molecule has 21 heavy (non-hydrogen) atoms. The summed E-state index contributed by atoms with van der Waals surface area (Å²) in [5, 5.41) is 10.6. The van der Waals surface area contributed by atoms with Gasteiger partial charge < -0.3 is 10.0 Å². The van der Waals surface area contributed by atoms with Crippen LogP contribution in [0.4, 0.5) is 5.82 Å². The third-order valence-corrected chi connectivity index (χ3v) is 4.59. The van der Waals surface area contributed by atoms with Crippen LogP contribution in [0.3, 0.4) is 0 Å². The molecule has 0 unspecified atom stereocenters. The fourth-order valence-corrected chi connectivity index (χ4v) is 3.45. The van der Waals surface area contributed by atoms with E-state index >= 15 is 0 Å². The zero-order valence-electron chi connectivity index (χ0n) is 11.6. The Balaban J connectivity index is 1.95. The van der Waals surface area contributed by atoms with Gasteiger partial charge in [0.25, 0.3) is 0 Å². The lowest BCUT2D eigenvalue weighted by atomic mass is 10.1. The minimum Gasteiger partial charge on any atom is -0.392 e. The first kappa shape index (κ1) is 14.3. The molecule has 3 rings (SSSR count). The Morgan fingerprint density at radius 2 is 2.05 bits per heavy atom. The second-order valence-electron chi connectivity index (χ2n) is 4.88. The van der Waals surface area contributed by atoms with Crippen molar-refractivity contribution in [1.29, 1.82) is 0 Å². The predicted molar refractivity (Wildman–Crippen MR) is 89.1 cm³/mol. The number of hydrogen-bond donors (Lipinski definition) is 1. The number of rotatable bonds is 4. The average Bonchev–Trinajstić information content (AvgIpc) is 2.91. The van der Waals surface area contributed by atoms with Crippen LogP contribution in [0.15, 0.2) is 42.5 Å². The van der Waals surface area contributed by atoms with Crippen LogP contribution in [-0.2, 0) is 13.2 Å². The van der Waals surface area contributed by atoms with Crippen molar-refractivity contribution in [2.45, 2.75) is 13.2 Å². The van der Waals surface area contributed by atoms with Crippen LogP contribution in [0.1, 0.15) is 10.4 Å². The molecule has 0 saturated heterocycles. The van der Waals surface area contributed by atoms with Crippen molar-refractivity contribution in [3.8, 4) is 0 Å². The first-order chi connectivity index (χ1) is 10.2. The van der Waals surface area contributed by atoms with Gasteiger partial charge in [-0.15, -0.1) is 11.3 Å². The number of halogens is 1. The van der Waals surface area contributed by atoms with E-state index in [1.165, 1.54) is 4.88 Å². The zero-order chi connectivity index (χ0) is 14.8. The largest absolute Gasteiger partial charge is 0.392 e. The fraction of sp³-hybridized carbons (Fsp3) is 0.188. The van der Waals surface area contributed by atoms with Crippen LogP contribution in [0.2, 0.25) is 4.34 Å². The van der Waals surface area contributed by atoms with E-state index < -0.39 is 0 Å². The minimum absolute atomic E-state index is 0.00863. The molecular weight excluding hydrogens is 304 g/mol. The number of nitrogens with zero attached hydrogens (tertiary/aromatic N) is 2. The van der Waals surface area contributed by atoms with Crippen LogP contribution >= 0.6 is 22.9 Å². The number of aromatic nitrogens is 1. The van der Waals surface area contributed by atoms with Gasteiger partial charge in [-0.1, -0.05) is 29.8 Å². The molecule has 0 atom stereocenters. The normalized spacial score (nSPS) is 11.0. The highest BCUT2D eigenvalue weighted by molar-refractivity contribution is 7.16. The number of pyridine rings is 1. The molecule has 3 aromatic rings. The molecule has 0 radical (unpaired) electrons. The summed E-state index contributed by atoms with van der Waals surface area (Å²) < 4.78 is 0.793. The highest BCUT2D eigenvalue weighted by Crippen LogP contribution is 2.26. The number of aliphatic hydroxyl groups is 1. The van der Waals surface area contributed by atoms with E-state index in [2.05, 4.69) is 9.88 Å². The third kappa shape index (κ3) is 3.02. The SMILES string of the molecule is CN(Cc1ccc(Cl)s1)c1cc(CO)c2ccccc2n1. The lowest BCUT2D eigenvalue weighted by molar-refractivity contribution is 0.283. The molecule has 0 bridgehead atoms. The van der Waals surface area contributed by atoms with Gasteiger partial charge in [0, 0.05) is 17.3 Å². The molecule has 0 aliphatic rings. The lowest BCUT2D eigenvalue weighted by Crippen LogP contribution is -2.17. The molecule has 108 valence electrons. The van der Waals surface area contributed by atoms with Crippen molar-refractivity contribution in [1.82, 2.24) is 4.98 Å². The summed E-state index contributed by atoms with van der Waals surface area (Å²) >= 11 is 7.54. The van der Waals surface area contributed by atoms with Crippen molar-refractivity contribution >= 4 is 39.7 Å². The standard InChI is InChI=1S/C16H15ClN2OS/c1-19(9-12-6-7-15(17)21-12)16-8-11(10-20)13-4-2-3-5-14(13)18-16/h2-8,20H,9-10H2,1H3. The first-order valence-corrected chi connectivity index (χ1v) is 7.81. The van der Waals surface area contributed by atoms with Crippen molar-refractivity contribution in [3.05, 3.63) is 57.2 Å². The van der Waals surface area contributed by atoms with Crippen LogP contribution in [-0.4, -0.2) is 17.1 Å². The van der Waals surface area contributed by atoms with Gasteiger partial charge in [0.1, 0.15) is 5.82 Å². The van der Waals surface area contributed by atoms with Gasteiger partial charge in [-0.05, 0) is 29.8 Å². The molecule has 1 aromatic carbocycles. The topological polar surface area (TPSA) is 36.4 Å². The summed E-state index contributed by atoms with van der Waals surface area (Å²) in [5.74, 6) is 0.849. The Kier molecular flexibility index (Phi) is 4.10. The third-order valence-electron chi connectivity index (χ3n) is 3.37. The summed E-state index contributed by atoms with van der Waals surface area (Å²) in [5.41, 5.74) is 1.79. The Morgan fingerprint density at radius 1 is 1.24 bits per heavy atom. The van der Waals surface area contributed by atoms with E-state index in [0.717, 1.165) is 33.2 Å². The molecule has 2 heterocycles. The average molecular weight is 319 g/mol. The smallest absolute Gasteiger partial charge is 0.129 e. The number of anilines is 1. The Labute approximate surface area is 132 Å². The van der Waals surface area contributed by atoms with Gasteiger partial charge >= 0.3 is 0 Å². The second-order valence-corrected chi connectivity index (χ2v) is 6.68. The Morgan fingerprint density at radius 3 is 2.76 bits per heavy atom. The van der Waals surface area contributed by atoms with Crippen molar-refractivity contribution in [2.24, 2.45) is 0 Å². The molecule has 0 amide bonds. The molecule has 0 saturated carbocycles. The molecule has 0 aliphatic carbocycles. The minimum atomic E-state index is 0.00863. The molecule has 0 aliphatic heterocycles. The van der Waals surface area contributed by atoms with Gasteiger partial charge in [0.2, 0.25) is 0 Å². The lowest BCUT2D eigenvalue weighted by Gasteiger charge is -2.19. The molecule has 0 spiro atoms. The predicted octanol–water partition coefficient (Wildman–Crippen LogP) is 4.08. The molecule has 2 aromatic heterocycles. The van der Waals surface area contributed by atoms with E-state index in [4.69, 9.17) is 11.6 Å². The summed E-state index contributed by atoms with van der Waals surface area (Å²) in [7, 11) is 1.99. The summed E-state index contributed by atoms with van der Waals surface area (Å²) in [6.07, 6.45) is 0. The number of benzene rings is 1. The molecule has 0 fully saturated rings. The molecule has 1 N–H and O–H groups in total. The van der Waals surface area contributed by atoms with E-state index in [1.807, 2.05) is 49.5 Å². The maximum atomic E-state index is 9.57. The number of para-hydroxylation sites is 1. The van der Waals surface area contributed by atoms with Gasteiger partial charge in [-0.2, -0.15) is 0 Å². The highest BCUT2D eigenvalue weighted by Gasteiger charge is 2.10. The van der Waals surface area contributed by atoms with E-state index in [9.17, 15) is 5.11 Å². The van der Waals surface area contributed by atoms with Crippen molar-refractivity contribution in [2.75, 3.05) is 11.9 Å². The van der Waals surface area contributed by atoms with E-state index in [1.54, 1.807) is 11.3 Å². The first-order valence-electron chi connectivity index (χ1n) is 6.62. The van der Waals surface area contributed by atoms with Gasteiger partial charge in [-0.3, -0.25) is 0 Å². The number of thiophene rings is 1. The van der Waals surface area contributed by atoms with Crippen molar-refractivity contribution < 1.29 is 5.11 Å². The van der Waals surface area contributed by atoms with E-state index in [-0.39, 0.29) is 6.61 Å². The maximum absolute atomic E-state index is 9.57. The molecule has 3 nitrogen and oxygen atoms in total. The number of aliphatic hydroxyl groups excluding tert-OH is 1. The summed E-state index contributed by atoms with van der Waals surface area (Å²) in [6, 6.07) is 13.7. The van der Waals surface area contributed by atoms with Crippen LogP contribution in [0.25, 0.3) is 10.9 Å². The van der Waals surface area contributed by atoms with Crippen LogP contribution in [0, 0.1) is 0 Å². The van der Waals surface area contributed by atoms with Crippen molar-refractivity contribution in [3.63, 3.8) is 0 Å². The molecular formula is C16H15ClN2OS. The van der Waals surface area contributed by atoms with Gasteiger partial charge in [0.15, 0.2) is 0 Å². The maximum Gasteiger partial charge on any atom is 0.129 e. The molecule has 5 heteroatoms. The number of hydrogen-bond acceptors (Lipinski definition) is 4. The zero-order valence-corrected chi connectivity index (χ0v) is 13.2. The Hall–Kier alpha value is -1.62. The van der Waals surface area contributed by atoms with Gasteiger partial charge in [-0.25, -0.2) is 4.98 Å².